The van der Waals surface area contributed by atoms with E-state index in [2.05, 4.69) is 22.2 Å². The summed E-state index contributed by atoms with van der Waals surface area (Å²) < 4.78 is 0. The minimum atomic E-state index is 0.0620. The van der Waals surface area contributed by atoms with Gasteiger partial charge in [-0.25, -0.2) is 9.97 Å². The molecule has 110 valence electrons. The fourth-order valence-electron chi connectivity index (χ4n) is 2.36. The van der Waals surface area contributed by atoms with Crippen molar-refractivity contribution in [3.05, 3.63) is 18.0 Å². The van der Waals surface area contributed by atoms with Crippen LogP contribution in [0.2, 0.25) is 0 Å². The molecule has 1 aromatic rings. The highest BCUT2D eigenvalue weighted by Gasteiger charge is 2.17. The van der Waals surface area contributed by atoms with E-state index in [1.807, 2.05) is 4.90 Å². The predicted octanol–water partition coefficient (Wildman–Crippen LogP) is 2.70. The van der Waals surface area contributed by atoms with E-state index in [9.17, 15) is 4.79 Å². The van der Waals surface area contributed by atoms with Crippen molar-refractivity contribution in [3.63, 3.8) is 0 Å². The second kappa shape index (κ2) is 7.82. The number of carbonyl (C=O) groups is 1. The SMILES string of the molecule is CCCCNc1ncc(C(=O)N2CCCCCC2)cn1. The van der Waals surface area contributed by atoms with Gasteiger partial charge in [0.15, 0.2) is 0 Å². The molecule has 1 N–H and O–H groups in total. The normalized spacial score (nSPS) is 15.8. The molecule has 1 aliphatic rings. The van der Waals surface area contributed by atoms with Crippen LogP contribution >= 0.6 is 0 Å². The highest BCUT2D eigenvalue weighted by atomic mass is 16.2. The summed E-state index contributed by atoms with van der Waals surface area (Å²) in [6.07, 6.45) is 10.1. The van der Waals surface area contributed by atoms with Crippen LogP contribution in [0.3, 0.4) is 0 Å². The summed E-state index contributed by atoms with van der Waals surface area (Å²) in [5.41, 5.74) is 0.591. The fourth-order valence-corrected chi connectivity index (χ4v) is 2.36. The van der Waals surface area contributed by atoms with Crippen LogP contribution in [-0.4, -0.2) is 40.4 Å². The number of anilines is 1. The monoisotopic (exact) mass is 276 g/mol. The van der Waals surface area contributed by atoms with Gasteiger partial charge in [-0.3, -0.25) is 4.79 Å². The first-order valence-electron chi connectivity index (χ1n) is 7.66. The molecule has 0 spiro atoms. The molecule has 20 heavy (non-hydrogen) atoms. The first kappa shape index (κ1) is 14.8. The van der Waals surface area contributed by atoms with Gasteiger partial charge in [-0.15, -0.1) is 0 Å². The Bertz CT molecular complexity index is 410. The van der Waals surface area contributed by atoms with Crippen LogP contribution in [0.15, 0.2) is 12.4 Å². The zero-order chi connectivity index (χ0) is 14.2. The topological polar surface area (TPSA) is 58.1 Å². The van der Waals surface area contributed by atoms with E-state index >= 15 is 0 Å². The molecule has 1 aliphatic heterocycles. The number of unbranched alkanes of at least 4 members (excludes halogenated alkanes) is 1. The minimum Gasteiger partial charge on any atom is -0.354 e. The number of nitrogens with zero attached hydrogens (tertiary/aromatic N) is 3. The van der Waals surface area contributed by atoms with E-state index in [0.717, 1.165) is 45.3 Å². The van der Waals surface area contributed by atoms with Gasteiger partial charge in [0.2, 0.25) is 5.95 Å². The number of hydrogen-bond acceptors (Lipinski definition) is 4. The van der Waals surface area contributed by atoms with Gasteiger partial charge in [0.05, 0.1) is 5.56 Å². The fraction of sp³-hybridized carbons (Fsp3) is 0.667. The molecule has 0 aromatic carbocycles. The number of hydrogen-bond donors (Lipinski definition) is 1. The van der Waals surface area contributed by atoms with Crippen molar-refractivity contribution in [2.45, 2.75) is 45.4 Å². The van der Waals surface area contributed by atoms with Crippen LogP contribution in [0.4, 0.5) is 5.95 Å². The Hall–Kier alpha value is -1.65. The summed E-state index contributed by atoms with van der Waals surface area (Å²) in [7, 11) is 0. The molecule has 0 aliphatic carbocycles. The van der Waals surface area contributed by atoms with Crippen molar-refractivity contribution in [2.75, 3.05) is 25.0 Å². The maximum absolute atomic E-state index is 12.3. The molecule has 2 heterocycles. The van der Waals surface area contributed by atoms with Gasteiger partial charge in [0.1, 0.15) is 0 Å². The van der Waals surface area contributed by atoms with Gasteiger partial charge in [0, 0.05) is 32.0 Å². The molecule has 0 atom stereocenters. The lowest BCUT2D eigenvalue weighted by Gasteiger charge is -2.19. The van der Waals surface area contributed by atoms with Crippen LogP contribution in [0, 0.1) is 0 Å². The largest absolute Gasteiger partial charge is 0.354 e. The molecule has 5 nitrogen and oxygen atoms in total. The maximum Gasteiger partial charge on any atom is 0.256 e. The first-order chi connectivity index (χ1) is 9.81. The van der Waals surface area contributed by atoms with Gasteiger partial charge in [-0.05, 0) is 19.3 Å². The zero-order valence-electron chi connectivity index (χ0n) is 12.3. The van der Waals surface area contributed by atoms with E-state index in [0.29, 0.717) is 11.5 Å². The van der Waals surface area contributed by atoms with Gasteiger partial charge in [-0.2, -0.15) is 0 Å². The third-order valence-electron chi connectivity index (χ3n) is 3.61. The van der Waals surface area contributed by atoms with Crippen LogP contribution in [-0.2, 0) is 0 Å². The van der Waals surface area contributed by atoms with E-state index < -0.39 is 0 Å². The molecular formula is C15H24N4O. The molecular weight excluding hydrogens is 252 g/mol. The molecule has 5 heteroatoms. The van der Waals surface area contributed by atoms with Crippen molar-refractivity contribution in [2.24, 2.45) is 0 Å². The first-order valence-corrected chi connectivity index (χ1v) is 7.66. The molecule has 1 saturated heterocycles. The van der Waals surface area contributed by atoms with Crippen LogP contribution < -0.4 is 5.32 Å². The Kier molecular flexibility index (Phi) is 5.77. The van der Waals surface area contributed by atoms with Crippen molar-refractivity contribution in [1.82, 2.24) is 14.9 Å². The number of rotatable bonds is 5. The highest BCUT2D eigenvalue weighted by molar-refractivity contribution is 5.93. The summed E-state index contributed by atoms with van der Waals surface area (Å²) in [6, 6.07) is 0. The van der Waals surface area contributed by atoms with E-state index in [4.69, 9.17) is 0 Å². The maximum atomic E-state index is 12.3. The molecule has 1 aromatic heterocycles. The van der Waals surface area contributed by atoms with E-state index in [-0.39, 0.29) is 5.91 Å². The summed E-state index contributed by atoms with van der Waals surface area (Å²) in [5, 5.41) is 3.15. The molecule has 0 unspecified atom stereocenters. The summed E-state index contributed by atoms with van der Waals surface area (Å²) in [6.45, 7) is 4.73. The molecule has 0 saturated carbocycles. The molecule has 1 amide bonds. The lowest BCUT2D eigenvalue weighted by molar-refractivity contribution is 0.0761. The third kappa shape index (κ3) is 4.18. The average molecular weight is 276 g/mol. The quantitative estimate of drug-likeness (QED) is 0.840. The van der Waals surface area contributed by atoms with Gasteiger partial charge in [0.25, 0.3) is 5.91 Å². The Labute approximate surface area is 120 Å². The Morgan fingerprint density at radius 3 is 2.45 bits per heavy atom. The molecule has 0 radical (unpaired) electrons. The van der Waals surface area contributed by atoms with Crippen molar-refractivity contribution >= 4 is 11.9 Å². The smallest absolute Gasteiger partial charge is 0.256 e. The number of carbonyl (C=O) groups excluding carboxylic acids is 1. The number of nitrogens with one attached hydrogen (secondary N) is 1. The standard InChI is InChI=1S/C15H24N4O/c1-2-3-8-16-15-17-11-13(12-18-15)14(20)19-9-6-4-5-7-10-19/h11-12H,2-10H2,1H3,(H,16,17,18). The molecule has 2 rings (SSSR count). The Morgan fingerprint density at radius 2 is 1.85 bits per heavy atom. The van der Waals surface area contributed by atoms with Crippen molar-refractivity contribution in [1.29, 1.82) is 0 Å². The summed E-state index contributed by atoms with van der Waals surface area (Å²) in [4.78, 5) is 22.7. The second-order valence-corrected chi connectivity index (χ2v) is 5.28. The molecule has 1 fully saturated rings. The third-order valence-corrected chi connectivity index (χ3v) is 3.61. The Balaban J connectivity index is 1.92. The van der Waals surface area contributed by atoms with Crippen molar-refractivity contribution in [3.8, 4) is 0 Å². The minimum absolute atomic E-state index is 0.0620. The van der Waals surface area contributed by atoms with Crippen LogP contribution in [0.25, 0.3) is 0 Å². The van der Waals surface area contributed by atoms with Gasteiger partial charge in [-0.1, -0.05) is 26.2 Å². The lowest BCUT2D eigenvalue weighted by atomic mass is 10.2. The van der Waals surface area contributed by atoms with Crippen LogP contribution in [0.5, 0.6) is 0 Å². The second-order valence-electron chi connectivity index (χ2n) is 5.28. The predicted molar refractivity (Wildman–Crippen MR) is 79.8 cm³/mol. The van der Waals surface area contributed by atoms with Crippen molar-refractivity contribution < 1.29 is 4.79 Å². The number of likely N-dealkylation sites (tertiary alicyclic amines) is 1. The lowest BCUT2D eigenvalue weighted by Crippen LogP contribution is -2.32. The number of aromatic nitrogens is 2. The summed E-state index contributed by atoms with van der Waals surface area (Å²) >= 11 is 0. The van der Waals surface area contributed by atoms with Gasteiger partial charge >= 0.3 is 0 Å². The van der Waals surface area contributed by atoms with E-state index in [1.54, 1.807) is 12.4 Å². The number of amides is 1. The average Bonchev–Trinajstić information content (AvgIpc) is 2.77. The van der Waals surface area contributed by atoms with E-state index in [1.165, 1.54) is 12.8 Å². The summed E-state index contributed by atoms with van der Waals surface area (Å²) in [5.74, 6) is 0.665. The van der Waals surface area contributed by atoms with Crippen LogP contribution in [0.1, 0.15) is 55.8 Å². The zero-order valence-corrected chi connectivity index (χ0v) is 12.3. The Morgan fingerprint density at radius 1 is 1.20 bits per heavy atom. The highest BCUT2D eigenvalue weighted by Crippen LogP contribution is 2.13. The molecule has 0 bridgehead atoms. The van der Waals surface area contributed by atoms with Gasteiger partial charge < -0.3 is 10.2 Å².